The molecule has 1 unspecified atom stereocenters. The van der Waals surface area contributed by atoms with Crippen LogP contribution in [0, 0.1) is 5.92 Å². The van der Waals surface area contributed by atoms with Gasteiger partial charge in [0, 0.05) is 12.8 Å². The highest BCUT2D eigenvalue weighted by Crippen LogP contribution is 2.29. The number of carboxylic acids is 1. The lowest BCUT2D eigenvalue weighted by Crippen LogP contribution is -2.32. The molecule has 1 aromatic carbocycles. The highest BCUT2D eigenvalue weighted by atomic mass is 32.2. The van der Waals surface area contributed by atoms with E-state index in [1.807, 2.05) is 0 Å². The second-order valence-electron chi connectivity index (χ2n) is 5.58. The largest absolute Gasteiger partial charge is 0.478 e. The summed E-state index contributed by atoms with van der Waals surface area (Å²) in [7, 11) is -2.00. The van der Waals surface area contributed by atoms with E-state index >= 15 is 0 Å². The third-order valence-corrected chi connectivity index (χ3v) is 5.33. The molecular weight excluding hydrogens is 306 g/mol. The summed E-state index contributed by atoms with van der Waals surface area (Å²) in [5.41, 5.74) is 0.468. The van der Waals surface area contributed by atoms with Crippen molar-refractivity contribution in [2.45, 2.75) is 31.8 Å². The summed E-state index contributed by atoms with van der Waals surface area (Å²) in [5.74, 6) is -0.847. The predicted molar refractivity (Wildman–Crippen MR) is 83.6 cm³/mol. The number of rotatable bonds is 7. The minimum absolute atomic E-state index is 0.0884. The monoisotopic (exact) mass is 327 g/mol. The lowest BCUT2D eigenvalue weighted by molar-refractivity contribution is 0.0696. The van der Waals surface area contributed by atoms with E-state index in [0.29, 0.717) is 5.69 Å². The van der Waals surface area contributed by atoms with Crippen LogP contribution in [0.3, 0.4) is 0 Å². The molecule has 1 saturated carbocycles. The van der Waals surface area contributed by atoms with E-state index in [-0.39, 0.29) is 23.3 Å². The van der Waals surface area contributed by atoms with Crippen LogP contribution < -0.4 is 4.72 Å². The smallest absolute Gasteiger partial charge is 0.335 e. The molecule has 6 nitrogen and oxygen atoms in total. The van der Waals surface area contributed by atoms with E-state index in [1.165, 1.54) is 24.3 Å². The number of sulfonamides is 1. The zero-order valence-electron chi connectivity index (χ0n) is 12.5. The van der Waals surface area contributed by atoms with E-state index in [1.54, 1.807) is 7.11 Å². The first-order valence-electron chi connectivity index (χ1n) is 7.28. The van der Waals surface area contributed by atoms with Gasteiger partial charge >= 0.3 is 5.97 Å². The maximum atomic E-state index is 12.2. The molecule has 0 bridgehead atoms. The van der Waals surface area contributed by atoms with E-state index in [4.69, 9.17) is 9.84 Å². The first-order chi connectivity index (χ1) is 10.4. The first-order valence-corrected chi connectivity index (χ1v) is 8.93. The van der Waals surface area contributed by atoms with Crippen LogP contribution in [0.2, 0.25) is 0 Å². The van der Waals surface area contributed by atoms with Gasteiger partial charge in [-0.2, -0.15) is 0 Å². The van der Waals surface area contributed by atoms with Crippen molar-refractivity contribution in [2.24, 2.45) is 5.92 Å². The Kier molecular flexibility index (Phi) is 5.42. The molecule has 1 fully saturated rings. The standard InChI is InChI=1S/C15H21NO5S/c1-21-14(11-4-2-3-5-11)10-22(19,20)16-13-8-6-12(7-9-13)15(17)18/h6-9,11,14,16H,2-5,10H2,1H3,(H,17,18). The van der Waals surface area contributed by atoms with Gasteiger partial charge in [0.15, 0.2) is 0 Å². The van der Waals surface area contributed by atoms with Crippen molar-refractivity contribution >= 4 is 21.7 Å². The fourth-order valence-electron chi connectivity index (χ4n) is 2.84. The predicted octanol–water partition coefficient (Wildman–Crippen LogP) is 2.33. The van der Waals surface area contributed by atoms with E-state index in [0.717, 1.165) is 25.7 Å². The molecule has 1 aromatic rings. The molecule has 1 aliphatic carbocycles. The Morgan fingerprint density at radius 2 is 1.91 bits per heavy atom. The molecule has 0 aliphatic heterocycles. The second kappa shape index (κ2) is 7.11. The summed E-state index contributed by atoms with van der Waals surface area (Å²) in [6, 6.07) is 5.62. The topological polar surface area (TPSA) is 92.7 Å². The minimum Gasteiger partial charge on any atom is -0.478 e. The van der Waals surface area contributed by atoms with Gasteiger partial charge in [-0.15, -0.1) is 0 Å². The molecule has 1 aliphatic rings. The van der Waals surface area contributed by atoms with Gasteiger partial charge in [-0.3, -0.25) is 4.72 Å². The van der Waals surface area contributed by atoms with Crippen molar-refractivity contribution in [3.63, 3.8) is 0 Å². The van der Waals surface area contributed by atoms with Gasteiger partial charge in [0.1, 0.15) is 0 Å². The van der Waals surface area contributed by atoms with Crippen LogP contribution in [-0.4, -0.2) is 38.5 Å². The maximum Gasteiger partial charge on any atom is 0.335 e. The second-order valence-corrected chi connectivity index (χ2v) is 7.35. The molecule has 2 N–H and O–H groups in total. The van der Waals surface area contributed by atoms with E-state index in [2.05, 4.69) is 4.72 Å². The molecule has 0 amide bonds. The summed E-state index contributed by atoms with van der Waals surface area (Å²) in [5, 5.41) is 8.83. The van der Waals surface area contributed by atoms with Crippen molar-refractivity contribution < 1.29 is 23.1 Å². The van der Waals surface area contributed by atoms with Gasteiger partial charge < -0.3 is 9.84 Å². The number of carboxylic acid groups (broad SMARTS) is 1. The van der Waals surface area contributed by atoms with Crippen molar-refractivity contribution in [2.75, 3.05) is 17.6 Å². The number of benzene rings is 1. The van der Waals surface area contributed by atoms with Gasteiger partial charge in [0.05, 0.1) is 17.4 Å². The molecule has 0 aromatic heterocycles. The molecule has 0 heterocycles. The number of methoxy groups -OCH3 is 1. The number of anilines is 1. The molecule has 7 heteroatoms. The lowest BCUT2D eigenvalue weighted by atomic mass is 10.0. The fourth-order valence-corrected chi connectivity index (χ4v) is 4.26. The summed E-state index contributed by atoms with van der Waals surface area (Å²) < 4.78 is 32.3. The summed E-state index contributed by atoms with van der Waals surface area (Å²) in [4.78, 5) is 10.8. The Balaban J connectivity index is 2.01. The van der Waals surface area contributed by atoms with Gasteiger partial charge in [0.25, 0.3) is 0 Å². The van der Waals surface area contributed by atoms with Crippen molar-refractivity contribution in [1.29, 1.82) is 0 Å². The lowest BCUT2D eigenvalue weighted by Gasteiger charge is -2.22. The Morgan fingerprint density at radius 1 is 1.32 bits per heavy atom. The number of ether oxygens (including phenoxy) is 1. The highest BCUT2D eigenvalue weighted by Gasteiger charge is 2.29. The molecule has 0 spiro atoms. The van der Waals surface area contributed by atoms with Gasteiger partial charge in [-0.1, -0.05) is 12.8 Å². The van der Waals surface area contributed by atoms with Crippen LogP contribution in [-0.2, 0) is 14.8 Å². The third-order valence-electron chi connectivity index (χ3n) is 4.02. The molecule has 122 valence electrons. The molecule has 2 rings (SSSR count). The Labute approximate surface area is 130 Å². The number of hydrogen-bond acceptors (Lipinski definition) is 4. The number of nitrogens with one attached hydrogen (secondary N) is 1. The molecular formula is C15H21NO5S. The van der Waals surface area contributed by atoms with Crippen LogP contribution >= 0.6 is 0 Å². The van der Waals surface area contributed by atoms with Crippen LogP contribution in [0.15, 0.2) is 24.3 Å². The Bertz CT molecular complexity index is 605. The minimum atomic E-state index is -3.54. The fraction of sp³-hybridized carbons (Fsp3) is 0.533. The van der Waals surface area contributed by atoms with Gasteiger partial charge in [-0.05, 0) is 43.0 Å². The van der Waals surface area contributed by atoms with Gasteiger partial charge in [-0.25, -0.2) is 13.2 Å². The maximum absolute atomic E-state index is 12.2. The SMILES string of the molecule is COC(CS(=O)(=O)Nc1ccc(C(=O)O)cc1)C1CCCC1. The van der Waals surface area contributed by atoms with Gasteiger partial charge in [0.2, 0.25) is 10.0 Å². The summed E-state index contributed by atoms with van der Waals surface area (Å²) in [6.07, 6.45) is 3.93. The third kappa shape index (κ3) is 4.45. The Morgan fingerprint density at radius 3 is 2.41 bits per heavy atom. The zero-order valence-corrected chi connectivity index (χ0v) is 13.3. The summed E-state index contributed by atoms with van der Waals surface area (Å²) >= 11 is 0. The van der Waals surface area contributed by atoms with Crippen molar-refractivity contribution in [1.82, 2.24) is 0 Å². The van der Waals surface area contributed by atoms with Crippen molar-refractivity contribution in [3.05, 3.63) is 29.8 Å². The number of hydrogen-bond donors (Lipinski definition) is 2. The zero-order chi connectivity index (χ0) is 16.2. The average molecular weight is 327 g/mol. The summed E-state index contributed by atoms with van der Waals surface area (Å²) in [6.45, 7) is 0. The first kappa shape index (κ1) is 16.8. The Hall–Kier alpha value is -1.60. The number of aromatic carboxylic acids is 1. The van der Waals surface area contributed by atoms with E-state index in [9.17, 15) is 13.2 Å². The quantitative estimate of drug-likeness (QED) is 0.802. The van der Waals surface area contributed by atoms with Crippen molar-refractivity contribution in [3.8, 4) is 0 Å². The van der Waals surface area contributed by atoms with Crippen LogP contribution in [0.5, 0.6) is 0 Å². The highest BCUT2D eigenvalue weighted by molar-refractivity contribution is 7.92. The molecule has 22 heavy (non-hydrogen) atoms. The normalized spacial score (nSPS) is 17.3. The molecule has 1 atom stereocenters. The van der Waals surface area contributed by atoms with Crippen LogP contribution in [0.1, 0.15) is 36.0 Å². The van der Waals surface area contributed by atoms with Crippen LogP contribution in [0.4, 0.5) is 5.69 Å². The average Bonchev–Trinajstić information content (AvgIpc) is 2.99. The van der Waals surface area contributed by atoms with Crippen LogP contribution in [0.25, 0.3) is 0 Å². The molecule has 0 radical (unpaired) electrons. The van der Waals surface area contributed by atoms with E-state index < -0.39 is 16.0 Å². The molecule has 0 saturated heterocycles. The number of carbonyl (C=O) groups is 1.